The van der Waals surface area contributed by atoms with Gasteiger partial charge in [0.2, 0.25) is 0 Å². The number of benzene rings is 1. The van der Waals surface area contributed by atoms with E-state index in [-0.39, 0.29) is 0 Å². The van der Waals surface area contributed by atoms with Crippen LogP contribution in [-0.2, 0) is 6.42 Å². The molecule has 1 aromatic heterocycles. The van der Waals surface area contributed by atoms with Gasteiger partial charge in [0.05, 0.1) is 6.33 Å². The van der Waals surface area contributed by atoms with E-state index in [1.807, 2.05) is 12.5 Å². The van der Waals surface area contributed by atoms with Crippen molar-refractivity contribution in [3.05, 3.63) is 54.6 Å². The highest BCUT2D eigenvalue weighted by Gasteiger charge is 2.22. The van der Waals surface area contributed by atoms with Crippen molar-refractivity contribution in [3.63, 3.8) is 0 Å². The summed E-state index contributed by atoms with van der Waals surface area (Å²) in [7, 11) is 0. The molecule has 2 aromatic rings. The molecule has 0 N–H and O–H groups in total. The molecule has 0 fully saturated rings. The third-order valence-corrected chi connectivity index (χ3v) is 3.79. The van der Waals surface area contributed by atoms with Crippen LogP contribution in [0.2, 0.25) is 0 Å². The Bertz CT molecular complexity index is 445. The zero-order valence-electron chi connectivity index (χ0n) is 11.5. The second kappa shape index (κ2) is 5.85. The van der Waals surface area contributed by atoms with Gasteiger partial charge in [-0.2, -0.15) is 0 Å². The first-order valence-electron chi connectivity index (χ1n) is 6.70. The molecule has 0 aliphatic heterocycles. The lowest BCUT2D eigenvalue weighted by Crippen LogP contribution is -2.23. The molecule has 0 saturated carbocycles. The normalized spacial score (nSPS) is 14.7. The van der Waals surface area contributed by atoms with Gasteiger partial charge in [0.25, 0.3) is 0 Å². The number of rotatable bonds is 5. The van der Waals surface area contributed by atoms with E-state index in [4.69, 9.17) is 0 Å². The van der Waals surface area contributed by atoms with Crippen LogP contribution in [0.4, 0.5) is 0 Å². The standard InChI is InChI=1S/C16H22N2/c1-13(2)16(11-15-7-5-4-6-8-15)14(3)18-10-9-17-12-18/h4-10,12-14,16H,11H2,1-3H3. The molecule has 2 heteroatoms. The van der Waals surface area contributed by atoms with Gasteiger partial charge in [-0.15, -0.1) is 0 Å². The van der Waals surface area contributed by atoms with E-state index in [0.29, 0.717) is 17.9 Å². The van der Waals surface area contributed by atoms with Crippen molar-refractivity contribution in [1.29, 1.82) is 0 Å². The predicted octanol–water partition coefficient (Wildman–Crippen LogP) is 3.96. The topological polar surface area (TPSA) is 17.8 Å². The summed E-state index contributed by atoms with van der Waals surface area (Å²) in [5, 5.41) is 0. The predicted molar refractivity (Wildman–Crippen MR) is 75.4 cm³/mol. The highest BCUT2D eigenvalue weighted by atomic mass is 15.0. The molecule has 0 saturated heterocycles. The second-order valence-electron chi connectivity index (χ2n) is 5.35. The molecule has 1 heterocycles. The van der Waals surface area contributed by atoms with Crippen LogP contribution in [0.1, 0.15) is 32.4 Å². The van der Waals surface area contributed by atoms with Gasteiger partial charge in [0.1, 0.15) is 0 Å². The van der Waals surface area contributed by atoms with Gasteiger partial charge < -0.3 is 4.57 Å². The Morgan fingerprint density at radius 2 is 1.83 bits per heavy atom. The number of hydrogen-bond donors (Lipinski definition) is 0. The fraction of sp³-hybridized carbons (Fsp3) is 0.438. The van der Waals surface area contributed by atoms with E-state index >= 15 is 0 Å². The molecular weight excluding hydrogens is 220 g/mol. The third-order valence-electron chi connectivity index (χ3n) is 3.79. The lowest BCUT2D eigenvalue weighted by Gasteiger charge is -2.28. The number of nitrogens with zero attached hydrogens (tertiary/aromatic N) is 2. The largest absolute Gasteiger partial charge is 0.334 e. The Kier molecular flexibility index (Phi) is 4.19. The summed E-state index contributed by atoms with van der Waals surface area (Å²) in [4.78, 5) is 4.15. The summed E-state index contributed by atoms with van der Waals surface area (Å²) >= 11 is 0. The van der Waals surface area contributed by atoms with Crippen molar-refractivity contribution >= 4 is 0 Å². The van der Waals surface area contributed by atoms with Crippen LogP contribution in [0.3, 0.4) is 0 Å². The van der Waals surface area contributed by atoms with Crippen molar-refractivity contribution in [3.8, 4) is 0 Å². The van der Waals surface area contributed by atoms with Crippen LogP contribution in [-0.4, -0.2) is 9.55 Å². The quantitative estimate of drug-likeness (QED) is 0.776. The molecule has 18 heavy (non-hydrogen) atoms. The molecule has 0 bridgehead atoms. The Balaban J connectivity index is 2.14. The summed E-state index contributed by atoms with van der Waals surface area (Å²) in [6.07, 6.45) is 6.96. The molecule has 0 aliphatic rings. The van der Waals surface area contributed by atoms with Gasteiger partial charge in [-0.25, -0.2) is 4.98 Å². The van der Waals surface area contributed by atoms with Gasteiger partial charge in [-0.05, 0) is 30.7 Å². The Hall–Kier alpha value is -1.57. The summed E-state index contributed by atoms with van der Waals surface area (Å²) in [5.41, 5.74) is 1.42. The smallest absolute Gasteiger partial charge is 0.0948 e. The van der Waals surface area contributed by atoms with Crippen LogP contribution in [0, 0.1) is 11.8 Å². The maximum atomic E-state index is 4.15. The molecule has 2 rings (SSSR count). The first-order chi connectivity index (χ1) is 8.68. The minimum Gasteiger partial charge on any atom is -0.334 e. The van der Waals surface area contributed by atoms with E-state index in [2.05, 4.69) is 66.9 Å². The maximum Gasteiger partial charge on any atom is 0.0948 e. The zero-order chi connectivity index (χ0) is 13.0. The van der Waals surface area contributed by atoms with E-state index in [0.717, 1.165) is 6.42 Å². The molecule has 96 valence electrons. The summed E-state index contributed by atoms with van der Waals surface area (Å²) in [5.74, 6) is 1.28. The van der Waals surface area contributed by atoms with E-state index < -0.39 is 0 Å². The summed E-state index contributed by atoms with van der Waals surface area (Å²) in [6.45, 7) is 6.90. The fourth-order valence-electron chi connectivity index (χ4n) is 2.58. The van der Waals surface area contributed by atoms with Gasteiger partial charge >= 0.3 is 0 Å². The Morgan fingerprint density at radius 3 is 2.39 bits per heavy atom. The summed E-state index contributed by atoms with van der Waals surface area (Å²) in [6, 6.07) is 11.2. The van der Waals surface area contributed by atoms with Gasteiger partial charge in [0, 0.05) is 18.4 Å². The first-order valence-corrected chi connectivity index (χ1v) is 6.70. The number of imidazole rings is 1. The van der Waals surface area contributed by atoms with Crippen LogP contribution in [0.15, 0.2) is 49.1 Å². The van der Waals surface area contributed by atoms with E-state index in [1.165, 1.54) is 5.56 Å². The van der Waals surface area contributed by atoms with Crippen LogP contribution >= 0.6 is 0 Å². The minimum absolute atomic E-state index is 0.479. The third kappa shape index (κ3) is 3.00. The summed E-state index contributed by atoms with van der Waals surface area (Å²) < 4.78 is 2.22. The van der Waals surface area contributed by atoms with Crippen molar-refractivity contribution < 1.29 is 0 Å². The molecule has 0 spiro atoms. The second-order valence-corrected chi connectivity index (χ2v) is 5.35. The highest BCUT2D eigenvalue weighted by molar-refractivity contribution is 5.15. The Morgan fingerprint density at radius 1 is 1.11 bits per heavy atom. The molecule has 0 aliphatic carbocycles. The molecule has 2 atom stereocenters. The number of hydrogen-bond acceptors (Lipinski definition) is 1. The molecule has 2 nitrogen and oxygen atoms in total. The zero-order valence-corrected chi connectivity index (χ0v) is 11.5. The van der Waals surface area contributed by atoms with Gasteiger partial charge in [-0.1, -0.05) is 44.2 Å². The number of aromatic nitrogens is 2. The van der Waals surface area contributed by atoms with Gasteiger partial charge in [-0.3, -0.25) is 0 Å². The van der Waals surface area contributed by atoms with Gasteiger partial charge in [0.15, 0.2) is 0 Å². The molecule has 0 radical (unpaired) electrons. The van der Waals surface area contributed by atoms with Crippen molar-refractivity contribution in [2.75, 3.05) is 0 Å². The van der Waals surface area contributed by atoms with E-state index in [1.54, 1.807) is 0 Å². The van der Waals surface area contributed by atoms with Crippen molar-refractivity contribution in [1.82, 2.24) is 9.55 Å². The van der Waals surface area contributed by atoms with Crippen LogP contribution in [0.5, 0.6) is 0 Å². The molecule has 2 unspecified atom stereocenters. The maximum absolute atomic E-state index is 4.15. The monoisotopic (exact) mass is 242 g/mol. The van der Waals surface area contributed by atoms with Crippen molar-refractivity contribution in [2.45, 2.75) is 33.2 Å². The van der Waals surface area contributed by atoms with E-state index in [9.17, 15) is 0 Å². The van der Waals surface area contributed by atoms with Crippen LogP contribution < -0.4 is 0 Å². The fourth-order valence-corrected chi connectivity index (χ4v) is 2.58. The molecular formula is C16H22N2. The SMILES string of the molecule is CC(C)C(Cc1ccccc1)C(C)n1ccnc1. The van der Waals surface area contributed by atoms with Crippen LogP contribution in [0.25, 0.3) is 0 Å². The average Bonchev–Trinajstić information content (AvgIpc) is 2.90. The van der Waals surface area contributed by atoms with Crippen molar-refractivity contribution in [2.24, 2.45) is 11.8 Å². The average molecular weight is 242 g/mol. The molecule has 0 amide bonds. The Labute approximate surface area is 110 Å². The molecule has 1 aromatic carbocycles. The lowest BCUT2D eigenvalue weighted by atomic mass is 9.84. The highest BCUT2D eigenvalue weighted by Crippen LogP contribution is 2.28. The lowest BCUT2D eigenvalue weighted by molar-refractivity contribution is 0.268. The minimum atomic E-state index is 0.479. The first kappa shape index (κ1) is 12.9.